The van der Waals surface area contributed by atoms with Gasteiger partial charge in [-0.1, -0.05) is 12.1 Å². The molecule has 1 aromatic carbocycles. The van der Waals surface area contributed by atoms with E-state index < -0.39 is 0 Å². The van der Waals surface area contributed by atoms with E-state index in [0.717, 1.165) is 31.2 Å². The van der Waals surface area contributed by atoms with Crippen LogP contribution in [0.1, 0.15) is 44.1 Å². The molecule has 0 aliphatic carbocycles. The first-order chi connectivity index (χ1) is 12.8. The minimum absolute atomic E-state index is 0.288. The quantitative estimate of drug-likeness (QED) is 0.744. The number of benzene rings is 1. The highest BCUT2D eigenvalue weighted by Crippen LogP contribution is 2.23. The van der Waals surface area contributed by atoms with E-state index in [1.54, 1.807) is 0 Å². The third-order valence-corrected chi connectivity index (χ3v) is 6.21. The van der Waals surface area contributed by atoms with Crippen molar-refractivity contribution in [3.63, 3.8) is 0 Å². The Morgan fingerprint density at radius 1 is 0.885 bits per heavy atom. The van der Waals surface area contributed by atoms with Crippen LogP contribution in [0.5, 0.6) is 5.75 Å². The van der Waals surface area contributed by atoms with E-state index in [4.69, 9.17) is 9.47 Å². The topological polar surface area (TPSA) is 24.9 Å². The molecule has 3 saturated heterocycles. The molecule has 1 unspecified atom stereocenters. The summed E-state index contributed by atoms with van der Waals surface area (Å²) in [5.41, 5.74) is 1.40. The van der Waals surface area contributed by atoms with Crippen LogP contribution in [0.3, 0.4) is 0 Å². The third-order valence-electron chi connectivity index (χ3n) is 6.21. The monoisotopic (exact) mass is 358 g/mol. The van der Waals surface area contributed by atoms with Crippen LogP contribution in [0, 0.1) is 5.92 Å². The second-order valence-corrected chi connectivity index (χ2v) is 8.32. The van der Waals surface area contributed by atoms with E-state index in [1.807, 2.05) is 0 Å². The third kappa shape index (κ3) is 5.21. The number of hydrogen-bond acceptors (Lipinski definition) is 4. The second kappa shape index (κ2) is 9.20. The molecule has 4 nitrogen and oxygen atoms in total. The summed E-state index contributed by atoms with van der Waals surface area (Å²) in [5, 5.41) is 0. The van der Waals surface area contributed by atoms with E-state index in [2.05, 4.69) is 34.1 Å². The van der Waals surface area contributed by atoms with Gasteiger partial charge in [0.15, 0.2) is 0 Å². The van der Waals surface area contributed by atoms with Crippen LogP contribution in [0.2, 0.25) is 0 Å². The fourth-order valence-corrected chi connectivity index (χ4v) is 4.57. The lowest BCUT2D eigenvalue weighted by Crippen LogP contribution is -2.37. The normalized spacial score (nSPS) is 25.8. The molecule has 4 heteroatoms. The van der Waals surface area contributed by atoms with Crippen molar-refractivity contribution in [1.29, 1.82) is 0 Å². The van der Waals surface area contributed by atoms with Gasteiger partial charge >= 0.3 is 0 Å². The van der Waals surface area contributed by atoms with Gasteiger partial charge in [-0.2, -0.15) is 0 Å². The van der Waals surface area contributed by atoms with Crippen LogP contribution in [0.15, 0.2) is 24.3 Å². The zero-order chi connectivity index (χ0) is 17.6. The van der Waals surface area contributed by atoms with Crippen LogP contribution in [0.4, 0.5) is 0 Å². The van der Waals surface area contributed by atoms with Crippen LogP contribution in [0.25, 0.3) is 0 Å². The minimum Gasteiger partial charge on any atom is -0.491 e. The predicted octanol–water partition coefficient (Wildman–Crippen LogP) is 3.55. The molecule has 0 N–H and O–H groups in total. The van der Waals surface area contributed by atoms with Crippen molar-refractivity contribution in [3.8, 4) is 5.75 Å². The van der Waals surface area contributed by atoms with Crippen LogP contribution in [-0.2, 0) is 11.3 Å². The molecule has 0 aromatic heterocycles. The van der Waals surface area contributed by atoms with Gasteiger partial charge in [0.25, 0.3) is 0 Å². The predicted molar refractivity (Wildman–Crippen MR) is 105 cm³/mol. The number of hydrogen-bond donors (Lipinski definition) is 0. The Bertz CT molecular complexity index is 528. The zero-order valence-corrected chi connectivity index (χ0v) is 16.1. The van der Waals surface area contributed by atoms with E-state index in [1.165, 1.54) is 70.4 Å². The summed E-state index contributed by atoms with van der Waals surface area (Å²) < 4.78 is 11.5. The average molecular weight is 359 g/mol. The Balaban J connectivity index is 1.17. The van der Waals surface area contributed by atoms with Gasteiger partial charge in [0.1, 0.15) is 12.4 Å². The van der Waals surface area contributed by atoms with Crippen molar-refractivity contribution in [2.24, 2.45) is 5.92 Å². The molecule has 0 spiro atoms. The van der Waals surface area contributed by atoms with Crippen LogP contribution < -0.4 is 4.74 Å². The molecule has 4 rings (SSSR count). The molecule has 3 aliphatic rings. The van der Waals surface area contributed by atoms with Crippen molar-refractivity contribution in [2.75, 3.05) is 45.9 Å². The van der Waals surface area contributed by atoms with Crippen molar-refractivity contribution < 1.29 is 9.47 Å². The molecule has 0 radical (unpaired) electrons. The fourth-order valence-electron chi connectivity index (χ4n) is 4.57. The number of piperidine rings is 1. The first kappa shape index (κ1) is 18.3. The van der Waals surface area contributed by atoms with Crippen molar-refractivity contribution in [2.45, 2.75) is 51.2 Å². The molecule has 1 atom stereocenters. The summed E-state index contributed by atoms with van der Waals surface area (Å²) in [6.45, 7) is 9.15. The molecule has 0 saturated carbocycles. The highest BCUT2D eigenvalue weighted by atomic mass is 16.5. The lowest BCUT2D eigenvalue weighted by molar-refractivity contribution is 0.0679. The maximum atomic E-state index is 5.87. The van der Waals surface area contributed by atoms with Gasteiger partial charge in [-0.15, -0.1) is 0 Å². The zero-order valence-electron chi connectivity index (χ0n) is 16.1. The molecule has 3 aliphatic heterocycles. The van der Waals surface area contributed by atoms with E-state index in [0.29, 0.717) is 6.61 Å². The highest BCUT2D eigenvalue weighted by molar-refractivity contribution is 5.27. The maximum absolute atomic E-state index is 5.87. The summed E-state index contributed by atoms with van der Waals surface area (Å²) in [5.74, 6) is 1.88. The molecule has 0 bridgehead atoms. The SMILES string of the molecule is c1cc(OCC2CCCO2)ccc1CN1CCC(CN2CCCC2)CC1. The Morgan fingerprint density at radius 3 is 2.35 bits per heavy atom. The molecule has 144 valence electrons. The summed E-state index contributed by atoms with van der Waals surface area (Å²) in [4.78, 5) is 5.29. The number of nitrogens with zero attached hydrogens (tertiary/aromatic N) is 2. The Kier molecular flexibility index (Phi) is 6.47. The highest BCUT2D eigenvalue weighted by Gasteiger charge is 2.22. The van der Waals surface area contributed by atoms with Crippen molar-refractivity contribution >= 4 is 0 Å². The lowest BCUT2D eigenvalue weighted by Gasteiger charge is -2.33. The Morgan fingerprint density at radius 2 is 1.65 bits per heavy atom. The van der Waals surface area contributed by atoms with Gasteiger partial charge in [-0.25, -0.2) is 0 Å². The first-order valence-electron chi connectivity index (χ1n) is 10.6. The summed E-state index contributed by atoms with van der Waals surface area (Å²) in [7, 11) is 0. The van der Waals surface area contributed by atoms with Crippen LogP contribution >= 0.6 is 0 Å². The molecule has 0 amide bonds. The lowest BCUT2D eigenvalue weighted by atomic mass is 9.96. The van der Waals surface area contributed by atoms with Crippen molar-refractivity contribution in [3.05, 3.63) is 29.8 Å². The van der Waals surface area contributed by atoms with Gasteiger partial charge in [-0.05, 0) is 88.3 Å². The summed E-state index contributed by atoms with van der Waals surface area (Å²) in [6.07, 6.45) is 8.13. The van der Waals surface area contributed by atoms with Gasteiger partial charge in [-0.3, -0.25) is 4.90 Å². The summed E-state index contributed by atoms with van der Waals surface area (Å²) in [6, 6.07) is 8.68. The van der Waals surface area contributed by atoms with Gasteiger partial charge < -0.3 is 14.4 Å². The Labute approximate surface area is 158 Å². The molecule has 3 heterocycles. The van der Waals surface area contributed by atoms with E-state index in [-0.39, 0.29) is 6.10 Å². The largest absolute Gasteiger partial charge is 0.491 e. The fraction of sp³-hybridized carbons (Fsp3) is 0.727. The van der Waals surface area contributed by atoms with E-state index >= 15 is 0 Å². The molecular formula is C22H34N2O2. The van der Waals surface area contributed by atoms with Gasteiger partial charge in [0.05, 0.1) is 6.10 Å². The Hall–Kier alpha value is -1.10. The number of rotatable bonds is 7. The van der Waals surface area contributed by atoms with Gasteiger partial charge in [0.2, 0.25) is 0 Å². The summed E-state index contributed by atoms with van der Waals surface area (Å²) >= 11 is 0. The molecule has 3 fully saturated rings. The average Bonchev–Trinajstić information content (AvgIpc) is 3.37. The second-order valence-electron chi connectivity index (χ2n) is 8.32. The van der Waals surface area contributed by atoms with Gasteiger partial charge in [0, 0.05) is 19.7 Å². The number of likely N-dealkylation sites (tertiary alicyclic amines) is 2. The molecular weight excluding hydrogens is 324 g/mol. The first-order valence-corrected chi connectivity index (χ1v) is 10.6. The van der Waals surface area contributed by atoms with Crippen LogP contribution in [-0.4, -0.2) is 61.8 Å². The maximum Gasteiger partial charge on any atom is 0.119 e. The minimum atomic E-state index is 0.288. The van der Waals surface area contributed by atoms with E-state index in [9.17, 15) is 0 Å². The number of ether oxygens (including phenoxy) is 2. The smallest absolute Gasteiger partial charge is 0.119 e. The standard InChI is InChI=1S/C22H34N2O2/c1-2-12-23(11-1)17-20-9-13-24(14-10-20)16-19-5-7-21(8-6-19)26-18-22-4-3-15-25-22/h5-8,20,22H,1-4,9-18H2. The molecule has 1 aromatic rings. The molecule has 26 heavy (non-hydrogen) atoms. The van der Waals surface area contributed by atoms with Crippen molar-refractivity contribution in [1.82, 2.24) is 9.80 Å².